The molecular weight excluding hydrogens is 372 g/mol. The van der Waals surface area contributed by atoms with Crippen LogP contribution in [0.3, 0.4) is 0 Å². The van der Waals surface area contributed by atoms with Crippen LogP contribution in [0.4, 0.5) is 11.4 Å². The zero-order chi connectivity index (χ0) is 20.8. The van der Waals surface area contributed by atoms with E-state index in [0.29, 0.717) is 22.8 Å². The summed E-state index contributed by atoms with van der Waals surface area (Å²) in [5, 5.41) is 22.9. The summed E-state index contributed by atoms with van der Waals surface area (Å²) in [7, 11) is 1.49. The van der Waals surface area contributed by atoms with Crippen molar-refractivity contribution in [1.82, 2.24) is 4.57 Å². The summed E-state index contributed by atoms with van der Waals surface area (Å²) in [5.74, 6) is -0.0964. The number of nitrogens with one attached hydrogen (secondary N) is 1. The van der Waals surface area contributed by atoms with E-state index < -0.39 is 10.8 Å². The highest BCUT2D eigenvalue weighted by molar-refractivity contribution is 6.10. The van der Waals surface area contributed by atoms with Crippen molar-refractivity contribution >= 4 is 23.4 Å². The number of carbonyl (C=O) groups excluding carboxylic acids is 1. The predicted molar refractivity (Wildman–Crippen MR) is 108 cm³/mol. The number of nitrogens with zero attached hydrogens (tertiary/aromatic N) is 3. The minimum atomic E-state index is -0.576. The number of hydrogen-bond donors (Lipinski definition) is 1. The summed E-state index contributed by atoms with van der Waals surface area (Å²) >= 11 is 0. The second-order valence-electron chi connectivity index (χ2n) is 5.90. The van der Waals surface area contributed by atoms with E-state index in [-0.39, 0.29) is 11.3 Å². The number of ether oxygens (including phenoxy) is 1. The predicted octanol–water partition coefficient (Wildman–Crippen LogP) is 3.94. The zero-order valence-corrected chi connectivity index (χ0v) is 15.4. The van der Waals surface area contributed by atoms with Crippen molar-refractivity contribution in [1.29, 1.82) is 5.26 Å². The molecule has 0 fully saturated rings. The Morgan fingerprint density at radius 1 is 1.17 bits per heavy atom. The van der Waals surface area contributed by atoms with Gasteiger partial charge in [-0.2, -0.15) is 5.26 Å². The van der Waals surface area contributed by atoms with Gasteiger partial charge in [0.2, 0.25) is 0 Å². The van der Waals surface area contributed by atoms with Crippen LogP contribution in [-0.4, -0.2) is 22.5 Å². The molecule has 0 spiro atoms. The molecule has 0 atom stereocenters. The second kappa shape index (κ2) is 8.54. The van der Waals surface area contributed by atoms with Crippen molar-refractivity contribution in [3.05, 3.63) is 88.2 Å². The molecule has 1 heterocycles. The van der Waals surface area contributed by atoms with Gasteiger partial charge in [0, 0.05) is 29.7 Å². The highest BCUT2D eigenvalue weighted by atomic mass is 16.6. The van der Waals surface area contributed by atoms with Crippen molar-refractivity contribution in [2.24, 2.45) is 0 Å². The Morgan fingerprint density at radius 3 is 2.55 bits per heavy atom. The van der Waals surface area contributed by atoms with Crippen LogP contribution >= 0.6 is 0 Å². The van der Waals surface area contributed by atoms with E-state index in [1.807, 2.05) is 6.07 Å². The second-order valence-corrected chi connectivity index (χ2v) is 5.90. The smallest absolute Gasteiger partial charge is 0.269 e. The van der Waals surface area contributed by atoms with Crippen molar-refractivity contribution < 1.29 is 14.5 Å². The summed E-state index contributed by atoms with van der Waals surface area (Å²) in [6.07, 6.45) is 3.19. The fraction of sp³-hybridized carbons (Fsp3) is 0.0476. The number of nitriles is 1. The van der Waals surface area contributed by atoms with E-state index in [9.17, 15) is 20.2 Å². The third kappa shape index (κ3) is 4.31. The van der Waals surface area contributed by atoms with Gasteiger partial charge in [0.25, 0.3) is 11.6 Å². The standard InChI is InChI=1S/C21H16N4O4/c1-29-20-7-3-2-6-19(20)23-21(26)15(14-22)13-18-5-4-12-24(18)16-8-10-17(11-9-16)25(27)28/h2-13H,1H3,(H,23,26). The molecule has 29 heavy (non-hydrogen) atoms. The Hall–Kier alpha value is -4.38. The highest BCUT2D eigenvalue weighted by Gasteiger charge is 2.14. The molecule has 8 heteroatoms. The lowest BCUT2D eigenvalue weighted by molar-refractivity contribution is -0.384. The Kier molecular flexibility index (Phi) is 5.71. The van der Waals surface area contributed by atoms with Gasteiger partial charge in [0.15, 0.2) is 0 Å². The zero-order valence-electron chi connectivity index (χ0n) is 15.4. The lowest BCUT2D eigenvalue weighted by Gasteiger charge is -2.10. The average molecular weight is 388 g/mol. The number of nitro groups is 1. The van der Waals surface area contributed by atoms with Crippen LogP contribution in [0.5, 0.6) is 5.75 Å². The van der Waals surface area contributed by atoms with Gasteiger partial charge in [0.1, 0.15) is 17.4 Å². The number of rotatable bonds is 6. The SMILES string of the molecule is COc1ccccc1NC(=O)C(C#N)=Cc1cccn1-c1ccc([N+](=O)[O-])cc1. The molecule has 1 amide bonds. The van der Waals surface area contributed by atoms with Crippen molar-refractivity contribution in [2.75, 3.05) is 12.4 Å². The molecular formula is C21H16N4O4. The number of methoxy groups -OCH3 is 1. The number of anilines is 1. The molecule has 8 nitrogen and oxygen atoms in total. The number of amides is 1. The van der Waals surface area contributed by atoms with E-state index in [1.165, 1.54) is 25.3 Å². The monoisotopic (exact) mass is 388 g/mol. The van der Waals surface area contributed by atoms with Gasteiger partial charge in [-0.15, -0.1) is 0 Å². The third-order valence-electron chi connectivity index (χ3n) is 4.13. The number of benzene rings is 2. The first-order valence-corrected chi connectivity index (χ1v) is 8.52. The first-order valence-electron chi connectivity index (χ1n) is 8.52. The quantitative estimate of drug-likeness (QED) is 0.298. The molecule has 0 aliphatic carbocycles. The van der Waals surface area contributed by atoms with Crippen LogP contribution in [-0.2, 0) is 4.79 Å². The van der Waals surface area contributed by atoms with Gasteiger partial charge in [-0.3, -0.25) is 14.9 Å². The number of carbonyl (C=O) groups is 1. The maximum Gasteiger partial charge on any atom is 0.269 e. The average Bonchev–Trinajstić information content (AvgIpc) is 3.20. The third-order valence-corrected chi connectivity index (χ3v) is 4.13. The highest BCUT2D eigenvalue weighted by Crippen LogP contribution is 2.24. The van der Waals surface area contributed by atoms with E-state index >= 15 is 0 Å². The van der Waals surface area contributed by atoms with Crippen LogP contribution in [0.25, 0.3) is 11.8 Å². The number of aromatic nitrogens is 1. The normalized spacial score (nSPS) is 10.8. The molecule has 0 bridgehead atoms. The fourth-order valence-corrected chi connectivity index (χ4v) is 2.72. The summed E-state index contributed by atoms with van der Waals surface area (Å²) in [5.41, 5.74) is 1.57. The summed E-state index contributed by atoms with van der Waals surface area (Å²) in [4.78, 5) is 22.9. The number of non-ortho nitro benzene ring substituents is 1. The Bertz CT molecular complexity index is 1120. The first-order chi connectivity index (χ1) is 14.0. The largest absolute Gasteiger partial charge is 0.495 e. The van der Waals surface area contributed by atoms with Crippen molar-refractivity contribution in [2.45, 2.75) is 0 Å². The lowest BCUT2D eigenvalue weighted by Crippen LogP contribution is -2.14. The van der Waals surface area contributed by atoms with Crippen LogP contribution in [0.15, 0.2) is 72.4 Å². The molecule has 3 rings (SSSR count). The van der Waals surface area contributed by atoms with Gasteiger partial charge in [0.05, 0.1) is 17.7 Å². The lowest BCUT2D eigenvalue weighted by atomic mass is 10.2. The minimum absolute atomic E-state index is 0.0214. The summed E-state index contributed by atoms with van der Waals surface area (Å²) in [6.45, 7) is 0. The van der Waals surface area contributed by atoms with E-state index in [0.717, 1.165) is 0 Å². The fourth-order valence-electron chi connectivity index (χ4n) is 2.72. The number of hydrogen-bond acceptors (Lipinski definition) is 5. The van der Waals surface area contributed by atoms with E-state index in [1.54, 1.807) is 59.3 Å². The molecule has 144 valence electrons. The first kappa shape index (κ1) is 19.4. The van der Waals surface area contributed by atoms with Crippen molar-refractivity contribution in [3.63, 3.8) is 0 Å². The molecule has 1 N–H and O–H groups in total. The van der Waals surface area contributed by atoms with Gasteiger partial charge in [-0.25, -0.2) is 0 Å². The van der Waals surface area contributed by atoms with E-state index in [2.05, 4.69) is 5.32 Å². The summed E-state index contributed by atoms with van der Waals surface area (Å²) < 4.78 is 6.92. The molecule has 0 unspecified atom stereocenters. The van der Waals surface area contributed by atoms with Gasteiger partial charge >= 0.3 is 0 Å². The van der Waals surface area contributed by atoms with E-state index in [4.69, 9.17) is 4.74 Å². The van der Waals surface area contributed by atoms with Crippen molar-refractivity contribution in [3.8, 4) is 17.5 Å². The topological polar surface area (TPSA) is 110 Å². The van der Waals surface area contributed by atoms with Crippen LogP contribution in [0, 0.1) is 21.4 Å². The number of para-hydroxylation sites is 2. The van der Waals surface area contributed by atoms with Gasteiger partial charge in [-0.05, 0) is 42.5 Å². The molecule has 3 aromatic rings. The van der Waals surface area contributed by atoms with Gasteiger partial charge < -0.3 is 14.6 Å². The Morgan fingerprint density at radius 2 is 1.90 bits per heavy atom. The molecule has 0 aliphatic heterocycles. The van der Waals surface area contributed by atoms with Crippen LogP contribution in [0.2, 0.25) is 0 Å². The molecule has 0 saturated heterocycles. The molecule has 1 aromatic heterocycles. The maximum atomic E-state index is 12.6. The number of nitro benzene ring substituents is 1. The minimum Gasteiger partial charge on any atom is -0.495 e. The van der Waals surface area contributed by atoms with Crippen LogP contribution in [0.1, 0.15) is 5.69 Å². The Balaban J connectivity index is 1.89. The molecule has 0 saturated carbocycles. The summed E-state index contributed by atoms with van der Waals surface area (Å²) in [6, 6.07) is 18.2. The van der Waals surface area contributed by atoms with Gasteiger partial charge in [-0.1, -0.05) is 12.1 Å². The maximum absolute atomic E-state index is 12.6. The van der Waals surface area contributed by atoms with Crippen LogP contribution < -0.4 is 10.1 Å². The molecule has 0 radical (unpaired) electrons. The molecule has 0 aliphatic rings. The molecule has 2 aromatic carbocycles. The Labute approximate surface area is 166 Å².